The highest BCUT2D eigenvalue weighted by molar-refractivity contribution is 9.10. The fourth-order valence-corrected chi connectivity index (χ4v) is 2.22. The van der Waals surface area contributed by atoms with E-state index in [1.807, 2.05) is 26.0 Å². The van der Waals surface area contributed by atoms with Crippen molar-refractivity contribution >= 4 is 21.7 Å². The molecular weight excluding hydrogens is 324 g/mol. The van der Waals surface area contributed by atoms with Gasteiger partial charge in [0.05, 0.1) is 11.0 Å². The number of Topliss-reactive ketones (excluding diaryl/α,β-unsaturated/α-hetero) is 1. The van der Waals surface area contributed by atoms with Gasteiger partial charge in [-0.25, -0.2) is 4.79 Å². The van der Waals surface area contributed by atoms with Crippen LogP contribution in [-0.2, 0) is 6.54 Å². The molecule has 0 atom stereocenters. The summed E-state index contributed by atoms with van der Waals surface area (Å²) in [7, 11) is 0. The molecule has 1 heterocycles. The molecule has 0 amide bonds. The van der Waals surface area contributed by atoms with Gasteiger partial charge in [0.15, 0.2) is 5.78 Å². The highest BCUT2D eigenvalue weighted by atomic mass is 79.9. The minimum Gasteiger partial charge on any atom is -0.292 e. The average molecular weight is 337 g/mol. The smallest absolute Gasteiger partial charge is 0.292 e. The molecule has 5 nitrogen and oxygen atoms in total. The molecule has 1 aromatic carbocycles. The summed E-state index contributed by atoms with van der Waals surface area (Å²) in [4.78, 5) is 37.3. The molecule has 0 aliphatic rings. The molecule has 0 radical (unpaired) electrons. The van der Waals surface area contributed by atoms with Crippen molar-refractivity contribution in [3.63, 3.8) is 0 Å². The van der Waals surface area contributed by atoms with Crippen LogP contribution in [0.1, 0.15) is 21.5 Å². The van der Waals surface area contributed by atoms with Crippen LogP contribution in [-0.4, -0.2) is 15.3 Å². The molecule has 0 saturated heterocycles. The van der Waals surface area contributed by atoms with Crippen molar-refractivity contribution in [3.05, 3.63) is 66.4 Å². The van der Waals surface area contributed by atoms with Gasteiger partial charge in [0, 0.05) is 11.8 Å². The monoisotopic (exact) mass is 336 g/mol. The zero-order chi connectivity index (χ0) is 14.9. The Kier molecular flexibility index (Phi) is 4.04. The summed E-state index contributed by atoms with van der Waals surface area (Å²) in [6, 6.07) is 5.59. The number of rotatable bonds is 3. The first-order chi connectivity index (χ1) is 9.38. The highest BCUT2D eigenvalue weighted by Gasteiger charge is 2.12. The van der Waals surface area contributed by atoms with Crippen LogP contribution in [0.3, 0.4) is 0 Å². The van der Waals surface area contributed by atoms with Crippen molar-refractivity contribution in [2.45, 2.75) is 20.4 Å². The summed E-state index contributed by atoms with van der Waals surface area (Å²) in [5.41, 5.74) is 1.31. The lowest BCUT2D eigenvalue weighted by molar-refractivity contribution is 0.0969. The molecule has 0 fully saturated rings. The van der Waals surface area contributed by atoms with Crippen molar-refractivity contribution in [2.75, 3.05) is 0 Å². The van der Waals surface area contributed by atoms with E-state index in [0.29, 0.717) is 5.56 Å². The van der Waals surface area contributed by atoms with Crippen LogP contribution in [0.15, 0.2) is 38.5 Å². The van der Waals surface area contributed by atoms with Crippen LogP contribution >= 0.6 is 15.9 Å². The Balaban J connectivity index is 2.37. The SMILES string of the molecule is Cc1ccc(C)c(C(=O)Cn2cc(Br)c(=O)[nH]c2=O)c1. The van der Waals surface area contributed by atoms with E-state index in [2.05, 4.69) is 20.9 Å². The third-order valence-electron chi connectivity index (χ3n) is 2.97. The van der Waals surface area contributed by atoms with Gasteiger partial charge in [-0.05, 0) is 41.4 Å². The third kappa shape index (κ3) is 2.96. The standard InChI is InChI=1S/C14H13BrN2O3/c1-8-3-4-9(2)10(5-8)12(18)7-17-6-11(15)13(19)16-14(17)20/h3-6H,7H2,1-2H3,(H,16,19,20). The van der Waals surface area contributed by atoms with Crippen molar-refractivity contribution in [3.8, 4) is 0 Å². The lowest BCUT2D eigenvalue weighted by Crippen LogP contribution is -2.32. The van der Waals surface area contributed by atoms with Gasteiger partial charge in [-0.2, -0.15) is 0 Å². The van der Waals surface area contributed by atoms with Gasteiger partial charge < -0.3 is 0 Å². The number of hydrogen-bond donors (Lipinski definition) is 1. The Hall–Kier alpha value is -1.95. The Morgan fingerprint density at radius 2 is 2.00 bits per heavy atom. The first kappa shape index (κ1) is 14.5. The topological polar surface area (TPSA) is 71.9 Å². The lowest BCUT2D eigenvalue weighted by Gasteiger charge is -2.08. The van der Waals surface area contributed by atoms with Crippen LogP contribution in [0.25, 0.3) is 0 Å². The van der Waals surface area contributed by atoms with E-state index in [1.165, 1.54) is 10.8 Å². The molecule has 104 valence electrons. The number of aromatic amines is 1. The van der Waals surface area contributed by atoms with Crippen LogP contribution in [0.5, 0.6) is 0 Å². The quantitative estimate of drug-likeness (QED) is 0.868. The zero-order valence-corrected chi connectivity index (χ0v) is 12.7. The second kappa shape index (κ2) is 5.58. The average Bonchev–Trinajstić information content (AvgIpc) is 2.38. The zero-order valence-electron chi connectivity index (χ0n) is 11.1. The van der Waals surface area contributed by atoms with Crippen LogP contribution in [0.2, 0.25) is 0 Å². The minimum absolute atomic E-state index is 0.113. The third-order valence-corrected chi connectivity index (χ3v) is 3.54. The van der Waals surface area contributed by atoms with Crippen molar-refractivity contribution in [1.82, 2.24) is 9.55 Å². The largest absolute Gasteiger partial charge is 0.328 e. The molecule has 0 aliphatic carbocycles. The number of H-pyrrole nitrogens is 1. The van der Waals surface area contributed by atoms with Crippen LogP contribution in [0, 0.1) is 13.8 Å². The number of ketones is 1. The van der Waals surface area contributed by atoms with E-state index in [9.17, 15) is 14.4 Å². The summed E-state index contributed by atoms with van der Waals surface area (Å²) in [6.07, 6.45) is 1.32. The van der Waals surface area contributed by atoms with E-state index in [1.54, 1.807) is 6.07 Å². The number of aromatic nitrogens is 2. The molecule has 0 saturated carbocycles. The minimum atomic E-state index is -0.600. The number of nitrogens with one attached hydrogen (secondary N) is 1. The number of carbonyl (C=O) groups is 1. The van der Waals surface area contributed by atoms with Crippen molar-refractivity contribution in [2.24, 2.45) is 0 Å². The van der Waals surface area contributed by atoms with Gasteiger partial charge in [0.2, 0.25) is 0 Å². The summed E-state index contributed by atoms with van der Waals surface area (Å²) in [5, 5.41) is 0. The number of halogens is 1. The molecule has 6 heteroatoms. The normalized spacial score (nSPS) is 10.6. The fourth-order valence-electron chi connectivity index (χ4n) is 1.88. The van der Waals surface area contributed by atoms with Gasteiger partial charge in [0.25, 0.3) is 5.56 Å². The van der Waals surface area contributed by atoms with E-state index in [-0.39, 0.29) is 16.8 Å². The van der Waals surface area contributed by atoms with E-state index >= 15 is 0 Å². The summed E-state index contributed by atoms with van der Waals surface area (Å²) in [5.74, 6) is -0.174. The number of aryl methyl sites for hydroxylation is 2. The van der Waals surface area contributed by atoms with Crippen LogP contribution < -0.4 is 11.2 Å². The summed E-state index contributed by atoms with van der Waals surface area (Å²) < 4.78 is 1.39. The maximum Gasteiger partial charge on any atom is 0.328 e. The molecule has 0 aliphatic heterocycles. The molecule has 0 spiro atoms. The number of nitrogens with zero attached hydrogens (tertiary/aromatic N) is 1. The van der Waals surface area contributed by atoms with E-state index in [0.717, 1.165) is 11.1 Å². The Labute approximate surface area is 123 Å². The number of benzene rings is 1. The lowest BCUT2D eigenvalue weighted by atomic mass is 10.0. The Morgan fingerprint density at radius 3 is 2.70 bits per heavy atom. The molecule has 1 aromatic heterocycles. The molecule has 2 aromatic rings. The Morgan fingerprint density at radius 1 is 1.30 bits per heavy atom. The van der Waals surface area contributed by atoms with Crippen LogP contribution in [0.4, 0.5) is 0 Å². The predicted octanol–water partition coefficient (Wildman–Crippen LogP) is 1.80. The van der Waals surface area contributed by atoms with Gasteiger partial charge in [-0.15, -0.1) is 0 Å². The van der Waals surface area contributed by atoms with Crippen molar-refractivity contribution < 1.29 is 4.79 Å². The van der Waals surface area contributed by atoms with E-state index < -0.39 is 11.2 Å². The second-order valence-electron chi connectivity index (χ2n) is 4.61. The maximum atomic E-state index is 12.3. The molecule has 0 bridgehead atoms. The second-order valence-corrected chi connectivity index (χ2v) is 5.46. The molecular formula is C14H13BrN2O3. The maximum absolute atomic E-state index is 12.3. The fraction of sp³-hybridized carbons (Fsp3) is 0.214. The number of hydrogen-bond acceptors (Lipinski definition) is 3. The van der Waals surface area contributed by atoms with E-state index in [4.69, 9.17) is 0 Å². The Bertz CT molecular complexity index is 790. The van der Waals surface area contributed by atoms with Crippen molar-refractivity contribution in [1.29, 1.82) is 0 Å². The summed E-state index contributed by atoms with van der Waals surface area (Å²) >= 11 is 3.04. The summed E-state index contributed by atoms with van der Waals surface area (Å²) in [6.45, 7) is 3.63. The highest BCUT2D eigenvalue weighted by Crippen LogP contribution is 2.12. The predicted molar refractivity (Wildman–Crippen MR) is 79.3 cm³/mol. The molecule has 2 rings (SSSR count). The van der Waals surface area contributed by atoms with Gasteiger partial charge >= 0.3 is 5.69 Å². The number of carbonyl (C=O) groups excluding carboxylic acids is 1. The molecule has 0 unspecified atom stereocenters. The first-order valence-corrected chi connectivity index (χ1v) is 6.77. The van der Waals surface area contributed by atoms with Gasteiger partial charge in [-0.3, -0.25) is 19.1 Å². The first-order valence-electron chi connectivity index (χ1n) is 5.98. The van der Waals surface area contributed by atoms with Gasteiger partial charge in [0.1, 0.15) is 0 Å². The molecule has 20 heavy (non-hydrogen) atoms. The van der Waals surface area contributed by atoms with Gasteiger partial charge in [-0.1, -0.05) is 17.7 Å². The molecule has 1 N–H and O–H groups in total.